The molecule has 1 aliphatic carbocycles. The van der Waals surface area contributed by atoms with Gasteiger partial charge in [0.15, 0.2) is 11.6 Å². The van der Waals surface area contributed by atoms with Crippen molar-refractivity contribution in [2.45, 2.75) is 68.9 Å². The number of azide groups is 1. The summed E-state index contributed by atoms with van der Waals surface area (Å²) < 4.78 is 12.3. The number of carbonyl (C=O) groups is 1. The summed E-state index contributed by atoms with van der Waals surface area (Å²) >= 11 is 0. The molecule has 4 N–H and O–H groups in total. The van der Waals surface area contributed by atoms with E-state index >= 15 is 0 Å². The van der Waals surface area contributed by atoms with Crippen LogP contribution in [0.2, 0.25) is 0 Å². The van der Waals surface area contributed by atoms with E-state index in [0.717, 1.165) is 29.5 Å². The summed E-state index contributed by atoms with van der Waals surface area (Å²) in [6, 6.07) is 24.4. The highest BCUT2D eigenvalue weighted by atomic mass is 16.5. The molecule has 44 heavy (non-hydrogen) atoms. The fraction of sp³-hybridized carbons (Fsp3) is 0.394. The van der Waals surface area contributed by atoms with Gasteiger partial charge in [0, 0.05) is 36.0 Å². The van der Waals surface area contributed by atoms with E-state index < -0.39 is 11.6 Å². The van der Waals surface area contributed by atoms with Gasteiger partial charge in [-0.25, -0.2) is 10.4 Å². The van der Waals surface area contributed by atoms with E-state index in [2.05, 4.69) is 20.9 Å². The lowest BCUT2D eigenvalue weighted by atomic mass is 9.81. The first-order chi connectivity index (χ1) is 21.5. The number of amides is 1. The minimum absolute atomic E-state index is 0.0241. The number of hydrogen-bond donors (Lipinski definition) is 4. The third kappa shape index (κ3) is 7.38. The van der Waals surface area contributed by atoms with Gasteiger partial charge in [-0.1, -0.05) is 59.7 Å². The van der Waals surface area contributed by atoms with Crippen LogP contribution in [-0.2, 0) is 22.5 Å². The molecule has 3 aromatic carbocycles. The van der Waals surface area contributed by atoms with Crippen LogP contribution in [0.15, 0.2) is 89.0 Å². The molecule has 0 bridgehead atoms. The summed E-state index contributed by atoms with van der Waals surface area (Å²) in [6.07, 6.45) is 2.46. The third-order valence-corrected chi connectivity index (χ3v) is 8.10. The normalized spacial score (nSPS) is 22.8. The van der Waals surface area contributed by atoms with Crippen molar-refractivity contribution in [1.82, 2.24) is 10.9 Å². The molecule has 0 aromatic heterocycles. The fourth-order valence-corrected chi connectivity index (χ4v) is 5.69. The third-order valence-electron chi connectivity index (χ3n) is 8.10. The number of aliphatic hydroxyl groups excluding tert-OH is 2. The van der Waals surface area contributed by atoms with E-state index in [-0.39, 0.29) is 37.6 Å². The molecule has 11 heteroatoms. The largest absolute Gasteiger partial charge is 0.494 e. The monoisotopic (exact) mass is 598 g/mol. The van der Waals surface area contributed by atoms with Gasteiger partial charge in [0.05, 0.1) is 19.3 Å². The average Bonchev–Trinajstić information content (AvgIpc) is 3.45. The van der Waals surface area contributed by atoms with Gasteiger partial charge in [-0.15, -0.1) is 0 Å². The Morgan fingerprint density at radius 2 is 1.73 bits per heavy atom. The minimum Gasteiger partial charge on any atom is -0.494 e. The van der Waals surface area contributed by atoms with Crippen LogP contribution in [0.3, 0.4) is 0 Å². The second-order valence-electron chi connectivity index (χ2n) is 11.1. The quantitative estimate of drug-likeness (QED) is 0.0734. The lowest BCUT2D eigenvalue weighted by Gasteiger charge is -2.33. The highest BCUT2D eigenvalue weighted by Crippen LogP contribution is 2.43. The Kier molecular flexibility index (Phi) is 10.5. The van der Waals surface area contributed by atoms with Crippen molar-refractivity contribution in [1.29, 1.82) is 0 Å². The van der Waals surface area contributed by atoms with E-state index in [4.69, 9.17) is 25.1 Å². The van der Waals surface area contributed by atoms with Crippen LogP contribution in [0.4, 0.5) is 0 Å². The number of nitrogens with one attached hydrogen (secondary N) is 2. The van der Waals surface area contributed by atoms with Gasteiger partial charge in [-0.05, 0) is 72.2 Å². The van der Waals surface area contributed by atoms with Crippen LogP contribution in [0, 0.1) is 0 Å². The van der Waals surface area contributed by atoms with Gasteiger partial charge in [-0.2, -0.15) is 0 Å². The zero-order valence-corrected chi connectivity index (χ0v) is 24.5. The first kappa shape index (κ1) is 31.0. The summed E-state index contributed by atoms with van der Waals surface area (Å²) in [6.45, 7) is 0.588. The van der Waals surface area contributed by atoms with Gasteiger partial charge in [0.25, 0.3) is 5.91 Å². The smallest absolute Gasteiger partial charge is 0.266 e. The molecule has 1 amide bonds. The van der Waals surface area contributed by atoms with Crippen molar-refractivity contribution in [2.24, 2.45) is 10.1 Å². The molecule has 1 heterocycles. The Bertz CT molecular complexity index is 1470. The van der Waals surface area contributed by atoms with Crippen molar-refractivity contribution in [3.8, 4) is 5.75 Å². The molecule has 2 atom stereocenters. The standard InChI is InChI=1S/C33H38N6O5/c34-39-35-22-26-10-5-4-9-25(26)21-33(32(42)38-37-27-13-15-28(41)16-14-27)30(23-7-2-1-3-8-23)44-31(36-33)24-11-17-29(18-12-24)43-20-6-19-40/h1-5,7-12,17-18,27-28,30,37,40-41H,6,13-16,19-22H2,(H,38,42)/t27?,28?,30-,33-/m0/s1. The van der Waals surface area contributed by atoms with E-state index in [1.807, 2.05) is 78.9 Å². The van der Waals surface area contributed by atoms with E-state index in [1.54, 1.807) is 0 Å². The second-order valence-corrected chi connectivity index (χ2v) is 11.1. The molecule has 0 spiro atoms. The first-order valence-electron chi connectivity index (χ1n) is 15.0. The molecule has 0 unspecified atom stereocenters. The van der Waals surface area contributed by atoms with Crippen LogP contribution < -0.4 is 15.6 Å². The summed E-state index contributed by atoms with van der Waals surface area (Å²) in [5.74, 6) is 0.623. The molecule has 1 aliphatic heterocycles. The zero-order valence-electron chi connectivity index (χ0n) is 24.5. The topological polar surface area (TPSA) is 161 Å². The Balaban J connectivity index is 1.53. The first-order valence-corrected chi connectivity index (χ1v) is 15.0. The Labute approximate surface area is 256 Å². The van der Waals surface area contributed by atoms with Crippen LogP contribution >= 0.6 is 0 Å². The second kappa shape index (κ2) is 14.9. The molecule has 5 rings (SSSR count). The average molecular weight is 599 g/mol. The molecular formula is C33H38N6O5. The highest BCUT2D eigenvalue weighted by Gasteiger charge is 2.53. The van der Waals surface area contributed by atoms with Gasteiger partial charge in [0.2, 0.25) is 5.90 Å². The lowest BCUT2D eigenvalue weighted by molar-refractivity contribution is -0.130. The lowest BCUT2D eigenvalue weighted by Crippen LogP contribution is -2.56. The van der Waals surface area contributed by atoms with Crippen LogP contribution in [-0.4, -0.2) is 52.9 Å². The number of nitrogens with zero attached hydrogens (tertiary/aromatic N) is 4. The zero-order chi connectivity index (χ0) is 30.8. The van der Waals surface area contributed by atoms with E-state index in [0.29, 0.717) is 43.1 Å². The Morgan fingerprint density at radius 1 is 1.02 bits per heavy atom. The van der Waals surface area contributed by atoms with Crippen LogP contribution in [0.1, 0.15) is 60.5 Å². The predicted octanol–water partition coefficient (Wildman–Crippen LogP) is 4.68. The predicted molar refractivity (Wildman–Crippen MR) is 166 cm³/mol. The van der Waals surface area contributed by atoms with E-state index in [1.165, 1.54) is 0 Å². The van der Waals surface area contributed by atoms with Crippen LogP contribution in [0.5, 0.6) is 5.75 Å². The van der Waals surface area contributed by atoms with Gasteiger partial charge >= 0.3 is 0 Å². The number of aliphatic imine (C=N–C) groups is 1. The summed E-state index contributed by atoms with van der Waals surface area (Å²) in [4.78, 5) is 22.4. The molecular weight excluding hydrogens is 560 g/mol. The maximum absolute atomic E-state index is 14.4. The van der Waals surface area contributed by atoms with Gasteiger partial charge in [-0.3, -0.25) is 10.2 Å². The van der Waals surface area contributed by atoms with Crippen molar-refractivity contribution in [3.63, 3.8) is 0 Å². The summed E-state index contributed by atoms with van der Waals surface area (Å²) in [7, 11) is 0. The molecule has 2 aliphatic rings. The van der Waals surface area contributed by atoms with Crippen molar-refractivity contribution < 1.29 is 24.5 Å². The van der Waals surface area contributed by atoms with E-state index in [9.17, 15) is 9.90 Å². The number of aliphatic hydroxyl groups is 2. The molecule has 0 radical (unpaired) electrons. The number of hydrogen-bond acceptors (Lipinski definition) is 8. The fourth-order valence-electron chi connectivity index (χ4n) is 5.69. The number of ether oxygens (including phenoxy) is 2. The summed E-state index contributed by atoms with van der Waals surface area (Å²) in [5, 5.41) is 22.8. The van der Waals surface area contributed by atoms with Crippen molar-refractivity contribution in [2.75, 3.05) is 13.2 Å². The van der Waals surface area contributed by atoms with Gasteiger partial charge in [0.1, 0.15) is 5.75 Å². The molecule has 3 aromatic rings. The number of hydrazine groups is 1. The number of rotatable bonds is 13. The summed E-state index contributed by atoms with van der Waals surface area (Å²) in [5.41, 5.74) is 16.8. The molecule has 0 saturated heterocycles. The highest BCUT2D eigenvalue weighted by molar-refractivity contribution is 6.01. The number of carbonyl (C=O) groups excluding carboxylic acids is 1. The van der Waals surface area contributed by atoms with Crippen molar-refractivity contribution in [3.05, 3.63) is 112 Å². The maximum atomic E-state index is 14.4. The number of benzene rings is 3. The molecule has 230 valence electrons. The maximum Gasteiger partial charge on any atom is 0.266 e. The minimum atomic E-state index is -1.42. The SMILES string of the molecule is [N-]=[N+]=NCc1ccccc1C[C@]1(C(=O)NNC2CCC(O)CC2)N=C(c2ccc(OCCCO)cc2)O[C@H]1c1ccccc1. The molecule has 1 saturated carbocycles. The van der Waals surface area contributed by atoms with Gasteiger partial charge < -0.3 is 19.7 Å². The Morgan fingerprint density at radius 3 is 2.43 bits per heavy atom. The van der Waals surface area contributed by atoms with Crippen LogP contribution in [0.25, 0.3) is 10.4 Å². The van der Waals surface area contributed by atoms with Crippen molar-refractivity contribution >= 4 is 11.8 Å². The molecule has 11 nitrogen and oxygen atoms in total. The molecule has 1 fully saturated rings. The Hall–Kier alpha value is -4.41.